The van der Waals surface area contributed by atoms with Crippen LogP contribution in [0.15, 0.2) is 40.7 Å². The van der Waals surface area contributed by atoms with E-state index in [1.165, 1.54) is 10.8 Å². The van der Waals surface area contributed by atoms with E-state index in [4.69, 9.17) is 0 Å². The summed E-state index contributed by atoms with van der Waals surface area (Å²) >= 11 is 0.820. The van der Waals surface area contributed by atoms with E-state index >= 15 is 0 Å². The molecule has 0 radical (unpaired) electrons. The Bertz CT molecular complexity index is 906. The van der Waals surface area contributed by atoms with Gasteiger partial charge in [0, 0.05) is 36.9 Å². The number of anilines is 1. The Morgan fingerprint density at radius 3 is 2.42 bits per heavy atom. The number of hydrogen-bond acceptors (Lipinski definition) is 9. The zero-order chi connectivity index (χ0) is 19.3. The van der Waals surface area contributed by atoms with Crippen molar-refractivity contribution in [3.63, 3.8) is 0 Å². The summed E-state index contributed by atoms with van der Waals surface area (Å²) in [5.41, 5.74) is 1.56. The minimum atomic E-state index is -4.33. The van der Waals surface area contributed by atoms with Crippen LogP contribution >= 0.6 is 11.3 Å². The second-order valence-electron chi connectivity index (χ2n) is 5.53. The lowest BCUT2D eigenvalue weighted by Gasteiger charge is -2.11. The molecule has 0 aliphatic rings. The second-order valence-corrected chi connectivity index (χ2v) is 8.04. The van der Waals surface area contributed by atoms with E-state index < -0.39 is 20.8 Å². The van der Waals surface area contributed by atoms with Crippen molar-refractivity contribution in [1.29, 1.82) is 0 Å². The minimum absolute atomic E-state index is 0.0322. The van der Waals surface area contributed by atoms with Gasteiger partial charge in [-0.15, -0.1) is 0 Å². The van der Waals surface area contributed by atoms with Crippen LogP contribution in [0, 0.1) is 10.1 Å². The monoisotopic (exact) mass is 399 g/mol. The molecular weight excluding hydrogens is 382 g/mol. The van der Waals surface area contributed by atoms with Crippen molar-refractivity contribution < 1.29 is 22.5 Å². The molecule has 0 amide bonds. The number of thiazole rings is 1. The highest BCUT2D eigenvalue weighted by molar-refractivity contribution is 7.85. The molecule has 0 unspecified atom stereocenters. The topological polar surface area (TPSA) is 132 Å². The van der Waals surface area contributed by atoms with E-state index in [9.17, 15) is 23.1 Å². The van der Waals surface area contributed by atoms with Gasteiger partial charge in [-0.05, 0) is 35.8 Å². The summed E-state index contributed by atoms with van der Waals surface area (Å²) in [6.45, 7) is 0.111. The molecule has 2 aromatic rings. The van der Waals surface area contributed by atoms with Crippen molar-refractivity contribution in [3.05, 3.63) is 40.6 Å². The van der Waals surface area contributed by atoms with E-state index in [0.29, 0.717) is 5.69 Å². The molecule has 0 saturated carbocycles. The van der Waals surface area contributed by atoms with E-state index in [1.807, 2.05) is 31.1 Å². The first kappa shape index (κ1) is 19.9. The van der Waals surface area contributed by atoms with Gasteiger partial charge in [-0.1, -0.05) is 0 Å². The van der Waals surface area contributed by atoms with Crippen LogP contribution < -0.4 is 9.47 Å². The molecule has 10 nitrogen and oxygen atoms in total. The number of nitro groups is 1. The Labute approximate surface area is 154 Å². The molecular formula is C14H17N5O5S2. The van der Waals surface area contributed by atoms with Crippen LogP contribution in [0.4, 0.5) is 21.5 Å². The lowest BCUT2D eigenvalue weighted by molar-refractivity contribution is -0.682. The van der Waals surface area contributed by atoms with Gasteiger partial charge in [0.2, 0.25) is 0 Å². The number of benzene rings is 1. The maximum Gasteiger partial charge on any atom is 0.414 e. The third-order valence-corrected chi connectivity index (χ3v) is 5.05. The third-order valence-electron chi connectivity index (χ3n) is 3.30. The van der Waals surface area contributed by atoms with Gasteiger partial charge < -0.3 is 9.45 Å². The predicted octanol–water partition coefficient (Wildman–Crippen LogP) is 2.36. The Morgan fingerprint density at radius 2 is 1.88 bits per heavy atom. The van der Waals surface area contributed by atoms with Gasteiger partial charge in [0.1, 0.15) is 5.69 Å². The van der Waals surface area contributed by atoms with Gasteiger partial charge >= 0.3 is 10.1 Å². The fraction of sp³-hybridized carbons (Fsp3) is 0.357. The average Bonchev–Trinajstić information content (AvgIpc) is 2.95. The largest absolute Gasteiger partial charge is 0.748 e. The molecule has 26 heavy (non-hydrogen) atoms. The predicted molar refractivity (Wildman–Crippen MR) is 95.3 cm³/mol. The quantitative estimate of drug-likeness (QED) is 0.220. The van der Waals surface area contributed by atoms with E-state index in [0.717, 1.165) is 17.0 Å². The fourth-order valence-corrected chi connectivity index (χ4v) is 3.29. The molecule has 1 heterocycles. The third kappa shape index (κ3) is 5.82. The molecule has 2 rings (SSSR count). The van der Waals surface area contributed by atoms with Crippen molar-refractivity contribution in [2.75, 3.05) is 24.7 Å². The summed E-state index contributed by atoms with van der Waals surface area (Å²) in [5.74, 6) is -0.549. The van der Waals surface area contributed by atoms with Crippen LogP contribution in [0.25, 0.3) is 0 Å². The summed E-state index contributed by atoms with van der Waals surface area (Å²) in [5, 5.41) is 19.1. The molecule has 0 saturated heterocycles. The molecule has 0 N–H and O–H groups in total. The SMILES string of the molecule is CN(C)c1ccc(/N=N/c2sc([N+](=O)[O-])c[n+]2CCCS(=O)(=O)[O-])cc1. The summed E-state index contributed by atoms with van der Waals surface area (Å²) in [6, 6.07) is 7.24. The second kappa shape index (κ2) is 8.29. The Morgan fingerprint density at radius 1 is 1.23 bits per heavy atom. The maximum absolute atomic E-state index is 11.0. The van der Waals surface area contributed by atoms with Gasteiger partial charge in [-0.2, -0.15) is 0 Å². The van der Waals surface area contributed by atoms with Crippen molar-refractivity contribution >= 4 is 43.0 Å². The van der Waals surface area contributed by atoms with Gasteiger partial charge in [-0.25, -0.2) is 13.0 Å². The van der Waals surface area contributed by atoms with Gasteiger partial charge in [0.25, 0.3) is 0 Å². The highest BCUT2D eigenvalue weighted by Crippen LogP contribution is 2.28. The lowest BCUT2D eigenvalue weighted by atomic mass is 10.3. The molecule has 1 aromatic carbocycles. The Kier molecular flexibility index (Phi) is 6.34. The van der Waals surface area contributed by atoms with Crippen molar-refractivity contribution in [2.45, 2.75) is 13.0 Å². The standard InChI is InChI=1S/C14H17N5O5S2/c1-17(2)12-6-4-11(5-7-12)15-16-14-18(8-3-9-26(22,23)24)10-13(25-14)19(20)21/h4-7,10H,3,8-9H2,1-2H3. The first-order valence-corrected chi connectivity index (χ1v) is 9.85. The minimum Gasteiger partial charge on any atom is -0.748 e. The van der Waals surface area contributed by atoms with Crippen LogP contribution in [0.3, 0.4) is 0 Å². The highest BCUT2D eigenvalue weighted by Gasteiger charge is 2.23. The number of nitrogens with zero attached hydrogens (tertiary/aromatic N) is 5. The fourth-order valence-electron chi connectivity index (χ4n) is 2.02. The Hall–Kier alpha value is -2.44. The molecule has 140 valence electrons. The van der Waals surface area contributed by atoms with Crippen LogP contribution in [-0.2, 0) is 16.7 Å². The molecule has 0 aliphatic heterocycles. The van der Waals surface area contributed by atoms with Crippen LogP contribution in [0.1, 0.15) is 6.42 Å². The zero-order valence-electron chi connectivity index (χ0n) is 14.1. The average molecular weight is 399 g/mol. The normalized spacial score (nSPS) is 11.8. The number of rotatable bonds is 8. The van der Waals surface area contributed by atoms with Gasteiger partial charge in [-0.3, -0.25) is 10.1 Å². The van der Waals surface area contributed by atoms with Gasteiger partial charge in [0.05, 0.1) is 26.7 Å². The van der Waals surface area contributed by atoms with Gasteiger partial charge in [0.15, 0.2) is 6.20 Å². The zero-order valence-corrected chi connectivity index (χ0v) is 15.7. The first-order chi connectivity index (χ1) is 12.2. The molecule has 0 fully saturated rings. The van der Waals surface area contributed by atoms with Crippen LogP contribution in [0.2, 0.25) is 0 Å². The summed E-state index contributed by atoms with van der Waals surface area (Å²) in [7, 11) is -0.517. The Balaban J connectivity index is 2.19. The van der Waals surface area contributed by atoms with Crippen molar-refractivity contribution in [1.82, 2.24) is 0 Å². The number of hydrogen-bond donors (Lipinski definition) is 0. The van der Waals surface area contributed by atoms with Crippen LogP contribution in [-0.4, -0.2) is 37.7 Å². The number of azo groups is 1. The van der Waals surface area contributed by atoms with E-state index in [2.05, 4.69) is 10.2 Å². The molecule has 0 aliphatic carbocycles. The maximum atomic E-state index is 11.0. The van der Waals surface area contributed by atoms with E-state index in [1.54, 1.807) is 12.1 Å². The van der Waals surface area contributed by atoms with E-state index in [-0.39, 0.29) is 23.1 Å². The molecule has 12 heteroatoms. The number of aromatic nitrogens is 1. The van der Waals surface area contributed by atoms with Crippen LogP contribution in [0.5, 0.6) is 0 Å². The molecule has 0 spiro atoms. The smallest absolute Gasteiger partial charge is 0.414 e. The van der Waals surface area contributed by atoms with Crippen molar-refractivity contribution in [2.24, 2.45) is 10.2 Å². The summed E-state index contributed by atoms with van der Waals surface area (Å²) < 4.78 is 33.5. The lowest BCUT2D eigenvalue weighted by Crippen LogP contribution is -2.32. The first-order valence-electron chi connectivity index (χ1n) is 7.46. The molecule has 0 bridgehead atoms. The van der Waals surface area contributed by atoms with Crippen molar-refractivity contribution in [3.8, 4) is 0 Å². The summed E-state index contributed by atoms with van der Waals surface area (Å²) in [4.78, 5) is 12.3. The highest BCUT2D eigenvalue weighted by atomic mass is 32.2. The number of aryl methyl sites for hydroxylation is 1. The summed E-state index contributed by atoms with van der Waals surface area (Å²) in [6.07, 6.45) is 1.29. The molecule has 1 aromatic heterocycles. The molecule has 0 atom stereocenters.